The number of carbonyl (C=O) groups is 1. The van der Waals surface area contributed by atoms with Crippen molar-refractivity contribution in [2.75, 3.05) is 5.75 Å². The number of hydrogen-bond donors (Lipinski definition) is 1. The number of aromatic nitrogens is 2. The summed E-state index contributed by atoms with van der Waals surface area (Å²) < 4.78 is 5.80. The van der Waals surface area contributed by atoms with Crippen LogP contribution in [0.3, 0.4) is 0 Å². The van der Waals surface area contributed by atoms with E-state index in [1.54, 1.807) is 12.1 Å². The summed E-state index contributed by atoms with van der Waals surface area (Å²) in [6.07, 6.45) is -0.0792. The number of carbonyl (C=O) groups excluding carboxylic acids is 1. The molecule has 1 heterocycles. The number of rotatable bonds is 8. The molecule has 0 fully saturated rings. The van der Waals surface area contributed by atoms with Gasteiger partial charge in [0, 0.05) is 23.3 Å². The van der Waals surface area contributed by atoms with Crippen LogP contribution >= 0.6 is 23.4 Å². The van der Waals surface area contributed by atoms with Gasteiger partial charge in [-0.1, -0.05) is 55.4 Å². The molecule has 0 radical (unpaired) electrons. The monoisotopic (exact) mass is 379 g/mol. The van der Waals surface area contributed by atoms with Gasteiger partial charge in [-0.15, -0.1) is 0 Å². The van der Waals surface area contributed by atoms with Crippen LogP contribution in [0, 0.1) is 6.92 Å². The minimum absolute atomic E-state index is 0.191. The van der Waals surface area contributed by atoms with Gasteiger partial charge in [-0.25, -0.2) is 4.98 Å². The van der Waals surface area contributed by atoms with E-state index >= 15 is 0 Å². The molecule has 7 heteroatoms. The summed E-state index contributed by atoms with van der Waals surface area (Å²) in [7, 11) is 0. The van der Waals surface area contributed by atoms with Gasteiger partial charge in [-0.3, -0.25) is 4.79 Å². The Morgan fingerprint density at radius 2 is 2.08 bits per heavy atom. The lowest BCUT2D eigenvalue weighted by molar-refractivity contribution is -0.128. The fraction of sp³-hybridized carbons (Fsp3) is 0.389. The Labute approximate surface area is 157 Å². The Bertz CT molecular complexity index is 727. The van der Waals surface area contributed by atoms with Gasteiger partial charge in [-0.05, 0) is 30.7 Å². The van der Waals surface area contributed by atoms with E-state index in [1.807, 2.05) is 39.0 Å². The first kappa shape index (κ1) is 19.5. The van der Waals surface area contributed by atoms with Crippen LogP contribution in [0.15, 0.2) is 35.5 Å². The molecule has 0 spiro atoms. The number of aryl methyl sites for hydroxylation is 1. The maximum absolute atomic E-state index is 12.4. The van der Waals surface area contributed by atoms with Crippen molar-refractivity contribution in [3.63, 3.8) is 0 Å². The van der Waals surface area contributed by atoms with Crippen molar-refractivity contribution in [1.29, 1.82) is 0 Å². The highest BCUT2D eigenvalue weighted by Crippen LogP contribution is 2.19. The lowest BCUT2D eigenvalue weighted by Gasteiger charge is -2.17. The number of ether oxygens (including phenoxy) is 1. The molecule has 1 aromatic carbocycles. The third-order valence-electron chi connectivity index (χ3n) is 3.42. The minimum Gasteiger partial charge on any atom is -0.464 e. The SMILES string of the molecule is CCSc1nc(C)cc(OC(CC)C(=O)NCc2ccccc2Cl)n1. The topological polar surface area (TPSA) is 64.1 Å². The summed E-state index contributed by atoms with van der Waals surface area (Å²) in [6.45, 7) is 6.17. The Balaban J connectivity index is 2.01. The molecule has 1 N–H and O–H groups in total. The molecular formula is C18H22ClN3O2S. The second-order valence-corrected chi connectivity index (χ2v) is 7.03. The first-order valence-corrected chi connectivity index (χ1v) is 9.56. The van der Waals surface area contributed by atoms with Gasteiger partial charge >= 0.3 is 0 Å². The number of nitrogens with one attached hydrogen (secondary N) is 1. The van der Waals surface area contributed by atoms with Crippen LogP contribution in [0.5, 0.6) is 5.88 Å². The fourth-order valence-electron chi connectivity index (χ4n) is 2.17. The summed E-state index contributed by atoms with van der Waals surface area (Å²) in [5, 5.41) is 4.15. The first-order valence-electron chi connectivity index (χ1n) is 8.19. The number of halogens is 1. The van der Waals surface area contributed by atoms with Crippen molar-refractivity contribution in [2.45, 2.75) is 45.0 Å². The lowest BCUT2D eigenvalue weighted by Crippen LogP contribution is -2.37. The van der Waals surface area contributed by atoms with E-state index < -0.39 is 6.10 Å². The number of hydrogen-bond acceptors (Lipinski definition) is 5. The second kappa shape index (κ2) is 9.63. The zero-order valence-corrected chi connectivity index (χ0v) is 16.2. The Morgan fingerprint density at radius 3 is 2.76 bits per heavy atom. The third kappa shape index (κ3) is 5.90. The predicted molar refractivity (Wildman–Crippen MR) is 101 cm³/mol. The number of amides is 1. The molecule has 1 unspecified atom stereocenters. The Hall–Kier alpha value is -1.79. The smallest absolute Gasteiger partial charge is 0.261 e. The molecule has 0 aliphatic heterocycles. The normalized spacial score (nSPS) is 11.8. The maximum Gasteiger partial charge on any atom is 0.261 e. The molecule has 0 aliphatic rings. The van der Waals surface area contributed by atoms with E-state index in [9.17, 15) is 4.79 Å². The quantitative estimate of drug-likeness (QED) is 0.554. The van der Waals surface area contributed by atoms with E-state index in [4.69, 9.17) is 16.3 Å². The molecule has 0 saturated carbocycles. The number of thioether (sulfide) groups is 1. The summed E-state index contributed by atoms with van der Waals surface area (Å²) >= 11 is 7.65. The zero-order valence-electron chi connectivity index (χ0n) is 14.6. The predicted octanol–water partition coefficient (Wildman–Crippen LogP) is 4.02. The fourth-order valence-corrected chi connectivity index (χ4v) is 3.00. The van der Waals surface area contributed by atoms with Crippen LogP contribution in [0.1, 0.15) is 31.5 Å². The second-order valence-electron chi connectivity index (χ2n) is 5.39. The molecule has 2 rings (SSSR count). The van der Waals surface area contributed by atoms with E-state index in [0.29, 0.717) is 29.0 Å². The van der Waals surface area contributed by atoms with Crippen LogP contribution in [-0.4, -0.2) is 27.7 Å². The number of benzene rings is 1. The highest BCUT2D eigenvalue weighted by molar-refractivity contribution is 7.99. The largest absolute Gasteiger partial charge is 0.464 e. The highest BCUT2D eigenvalue weighted by atomic mass is 35.5. The average Bonchev–Trinajstić information content (AvgIpc) is 2.58. The summed E-state index contributed by atoms with van der Waals surface area (Å²) in [5.41, 5.74) is 1.68. The molecule has 1 atom stereocenters. The van der Waals surface area contributed by atoms with Crippen molar-refractivity contribution in [3.05, 3.63) is 46.6 Å². The molecule has 134 valence electrons. The van der Waals surface area contributed by atoms with Gasteiger partial charge < -0.3 is 10.1 Å². The zero-order chi connectivity index (χ0) is 18.2. The van der Waals surface area contributed by atoms with Crippen molar-refractivity contribution in [3.8, 4) is 5.88 Å². The van der Waals surface area contributed by atoms with Gasteiger partial charge in [0.15, 0.2) is 11.3 Å². The van der Waals surface area contributed by atoms with Gasteiger partial charge in [0.2, 0.25) is 5.88 Å². The van der Waals surface area contributed by atoms with Crippen LogP contribution in [0.2, 0.25) is 5.02 Å². The summed E-state index contributed by atoms with van der Waals surface area (Å²) in [4.78, 5) is 21.1. The molecule has 0 aliphatic carbocycles. The molecule has 2 aromatic rings. The highest BCUT2D eigenvalue weighted by Gasteiger charge is 2.19. The van der Waals surface area contributed by atoms with E-state index in [-0.39, 0.29) is 5.91 Å². The molecule has 5 nitrogen and oxygen atoms in total. The first-order chi connectivity index (χ1) is 12.0. The van der Waals surface area contributed by atoms with Gasteiger partial charge in [0.05, 0.1) is 0 Å². The lowest BCUT2D eigenvalue weighted by atomic mass is 10.2. The summed E-state index contributed by atoms with van der Waals surface area (Å²) in [5.74, 6) is 1.10. The molecule has 0 saturated heterocycles. The molecule has 1 amide bonds. The van der Waals surface area contributed by atoms with Gasteiger partial charge in [-0.2, -0.15) is 4.98 Å². The van der Waals surface area contributed by atoms with Crippen molar-refractivity contribution in [2.24, 2.45) is 0 Å². The molecule has 1 aromatic heterocycles. The van der Waals surface area contributed by atoms with Crippen LogP contribution < -0.4 is 10.1 Å². The summed E-state index contributed by atoms with van der Waals surface area (Å²) in [6, 6.07) is 9.16. The Kier molecular flexibility index (Phi) is 7.52. The van der Waals surface area contributed by atoms with Crippen LogP contribution in [0.25, 0.3) is 0 Å². The molecular weight excluding hydrogens is 358 g/mol. The van der Waals surface area contributed by atoms with Crippen LogP contribution in [0.4, 0.5) is 0 Å². The van der Waals surface area contributed by atoms with E-state index in [2.05, 4.69) is 15.3 Å². The van der Waals surface area contributed by atoms with E-state index in [1.165, 1.54) is 11.8 Å². The van der Waals surface area contributed by atoms with Crippen molar-refractivity contribution >= 4 is 29.3 Å². The van der Waals surface area contributed by atoms with Gasteiger partial charge in [0.1, 0.15) is 0 Å². The number of nitrogens with zero attached hydrogens (tertiary/aromatic N) is 2. The standard InChI is InChI=1S/C18H22ClN3O2S/c1-4-15(17(23)20-11-13-8-6-7-9-14(13)19)24-16-10-12(3)21-18(22-16)25-5-2/h6-10,15H,4-5,11H2,1-3H3,(H,20,23). The molecule has 0 bridgehead atoms. The van der Waals surface area contributed by atoms with Crippen molar-refractivity contribution < 1.29 is 9.53 Å². The average molecular weight is 380 g/mol. The van der Waals surface area contributed by atoms with Gasteiger partial charge in [0.25, 0.3) is 5.91 Å². The van der Waals surface area contributed by atoms with Crippen LogP contribution in [-0.2, 0) is 11.3 Å². The molecule has 25 heavy (non-hydrogen) atoms. The third-order valence-corrected chi connectivity index (χ3v) is 4.52. The van der Waals surface area contributed by atoms with Crippen molar-refractivity contribution in [1.82, 2.24) is 15.3 Å². The minimum atomic E-state index is -0.615. The Morgan fingerprint density at radius 1 is 1.32 bits per heavy atom. The van der Waals surface area contributed by atoms with E-state index in [0.717, 1.165) is 17.0 Å². The maximum atomic E-state index is 12.4.